The Bertz CT molecular complexity index is 1730. The second kappa shape index (κ2) is 11.4. The SMILES string of the molecule is C=Nc1c(CN)ncn1[C@@H]1O[C@@H]2COP(=O)(O)O[C@@H]3[C@H](O)[C@@H](COP(=O)(O)O[C@H]2[C@H]1O)O[C@H]3n1cnc2c(=O)[nH]c(N)nc21. The van der Waals surface area contributed by atoms with E-state index in [0.29, 0.717) is 5.69 Å². The molecular weight excluding hydrogens is 636 g/mol. The second-order valence-electron chi connectivity index (χ2n) is 9.84. The Balaban J connectivity index is 1.32. The number of phosphoric ester groups is 2. The van der Waals surface area contributed by atoms with Crippen LogP contribution in [0.25, 0.3) is 11.2 Å². The number of hydrogen-bond donors (Lipinski definition) is 7. The zero-order valence-electron chi connectivity index (χ0n) is 22.3. The first-order valence-corrected chi connectivity index (χ1v) is 15.7. The topological polar surface area (TPSA) is 316 Å². The second-order valence-corrected chi connectivity index (χ2v) is 12.7. The Morgan fingerprint density at radius 3 is 2.32 bits per heavy atom. The van der Waals surface area contributed by atoms with Crippen LogP contribution in [0.5, 0.6) is 0 Å². The first-order chi connectivity index (χ1) is 20.8. The lowest BCUT2D eigenvalue weighted by molar-refractivity contribution is -0.0674. The number of nitrogens with two attached hydrogens (primary N) is 2. The molecule has 3 fully saturated rings. The van der Waals surface area contributed by atoms with E-state index in [9.17, 15) is 33.9 Å². The van der Waals surface area contributed by atoms with Crippen LogP contribution in [0.2, 0.25) is 0 Å². The lowest BCUT2D eigenvalue weighted by atomic mass is 10.1. The van der Waals surface area contributed by atoms with Crippen LogP contribution in [0.1, 0.15) is 18.1 Å². The average Bonchev–Trinajstić information content (AvgIpc) is 3.71. The Kier molecular flexibility index (Phi) is 8.08. The number of fused-ring (bicyclic) bond motifs is 4. The quantitative estimate of drug-likeness (QED) is 0.116. The minimum absolute atomic E-state index is 0.0343. The molecule has 3 aromatic rings. The molecule has 3 aliphatic rings. The van der Waals surface area contributed by atoms with E-state index in [2.05, 4.69) is 31.6 Å². The van der Waals surface area contributed by atoms with Gasteiger partial charge in [-0.15, -0.1) is 0 Å². The van der Waals surface area contributed by atoms with Crippen LogP contribution in [0.15, 0.2) is 22.4 Å². The highest BCUT2D eigenvalue weighted by Crippen LogP contribution is 2.53. The summed E-state index contributed by atoms with van der Waals surface area (Å²) in [5, 5.41) is 22.0. The number of nitrogen functional groups attached to an aromatic ring is 1. The highest BCUT2D eigenvalue weighted by molar-refractivity contribution is 7.47. The van der Waals surface area contributed by atoms with E-state index in [-0.39, 0.29) is 29.5 Å². The van der Waals surface area contributed by atoms with Crippen molar-refractivity contribution in [3.05, 3.63) is 28.7 Å². The molecule has 0 radical (unpaired) electrons. The van der Waals surface area contributed by atoms with Crippen molar-refractivity contribution in [1.82, 2.24) is 29.1 Å². The van der Waals surface area contributed by atoms with Crippen molar-refractivity contribution in [3.8, 4) is 0 Å². The summed E-state index contributed by atoms with van der Waals surface area (Å²) in [6.45, 7) is 1.77. The fraction of sp³-hybridized carbons (Fsp3) is 0.550. The molecule has 9 N–H and O–H groups in total. The largest absolute Gasteiger partial charge is 0.472 e. The maximum Gasteiger partial charge on any atom is 0.472 e. The predicted octanol–water partition coefficient (Wildman–Crippen LogP) is -2.08. The van der Waals surface area contributed by atoms with Crippen LogP contribution in [-0.2, 0) is 43.2 Å². The Labute approximate surface area is 245 Å². The van der Waals surface area contributed by atoms with Gasteiger partial charge in [-0.1, -0.05) is 0 Å². The van der Waals surface area contributed by atoms with Gasteiger partial charge >= 0.3 is 15.6 Å². The Morgan fingerprint density at radius 2 is 1.64 bits per heavy atom. The van der Waals surface area contributed by atoms with E-state index in [1.54, 1.807) is 0 Å². The van der Waals surface area contributed by atoms with Crippen molar-refractivity contribution >= 4 is 45.3 Å². The molecule has 6 heterocycles. The summed E-state index contributed by atoms with van der Waals surface area (Å²) in [4.78, 5) is 51.6. The standard InChI is InChI=1S/C20H27N9O13P2/c1-23-15-7(2-21)24-5-28(15)18-12(31)13-9(40-18)4-38-44(35,36)42-14-11(30)8(3-37-43(33,34)41-13)39-19(14)29-6-25-10-16(29)26-20(22)27-17(10)32/h5-6,8-9,11-14,18-19,30-31H,1-4,21H2,(H,33,34)(H,35,36)(H3,22,26,27,32)/t8-,9-,11-,12-,13-,14-,18-,19-/m1/s1. The molecule has 2 bridgehead atoms. The summed E-state index contributed by atoms with van der Waals surface area (Å²) >= 11 is 0. The molecule has 3 saturated heterocycles. The summed E-state index contributed by atoms with van der Waals surface area (Å²) in [5.41, 5.74) is 10.6. The van der Waals surface area contributed by atoms with Gasteiger partial charge in [0.15, 0.2) is 29.4 Å². The molecule has 0 aliphatic carbocycles. The third-order valence-electron chi connectivity index (χ3n) is 7.12. The minimum atomic E-state index is -5.10. The van der Waals surface area contributed by atoms with Gasteiger partial charge in [-0.2, -0.15) is 4.98 Å². The van der Waals surface area contributed by atoms with Crippen molar-refractivity contribution in [2.75, 3.05) is 18.9 Å². The van der Waals surface area contributed by atoms with Crippen LogP contribution < -0.4 is 17.0 Å². The molecule has 240 valence electrons. The Hall–Kier alpha value is -2.95. The van der Waals surface area contributed by atoms with E-state index in [0.717, 1.165) is 10.9 Å². The molecule has 22 nitrogen and oxygen atoms in total. The third kappa shape index (κ3) is 5.54. The predicted molar refractivity (Wildman–Crippen MR) is 143 cm³/mol. The molecule has 6 rings (SSSR count). The van der Waals surface area contributed by atoms with Gasteiger partial charge in [0.1, 0.15) is 36.6 Å². The van der Waals surface area contributed by atoms with Crippen LogP contribution in [0, 0.1) is 0 Å². The van der Waals surface area contributed by atoms with Crippen LogP contribution in [-0.4, -0.2) is 106 Å². The third-order valence-corrected chi connectivity index (χ3v) is 9.09. The van der Waals surface area contributed by atoms with Gasteiger partial charge in [0.25, 0.3) is 5.56 Å². The van der Waals surface area contributed by atoms with Crippen molar-refractivity contribution in [2.45, 2.75) is 55.6 Å². The van der Waals surface area contributed by atoms with Crippen LogP contribution >= 0.6 is 15.6 Å². The number of aromatic nitrogens is 6. The molecule has 3 aromatic heterocycles. The number of ether oxygens (including phenoxy) is 2. The summed E-state index contributed by atoms with van der Waals surface area (Å²) in [6, 6.07) is 0. The molecule has 0 saturated carbocycles. The number of aliphatic imine (C=N–C) groups is 1. The van der Waals surface area contributed by atoms with Gasteiger partial charge in [0.2, 0.25) is 5.95 Å². The highest BCUT2D eigenvalue weighted by Gasteiger charge is 2.54. The average molecular weight is 663 g/mol. The van der Waals surface area contributed by atoms with Gasteiger partial charge in [0.05, 0.1) is 31.6 Å². The van der Waals surface area contributed by atoms with E-state index in [4.69, 9.17) is 39.0 Å². The van der Waals surface area contributed by atoms with E-state index in [1.165, 1.54) is 10.9 Å². The molecule has 2 unspecified atom stereocenters. The van der Waals surface area contributed by atoms with Crippen molar-refractivity contribution in [1.29, 1.82) is 0 Å². The summed E-state index contributed by atoms with van der Waals surface area (Å²) in [6.07, 6.45) is -10.3. The number of rotatable bonds is 4. The number of aliphatic hydroxyl groups excluding tert-OH is 2. The highest BCUT2D eigenvalue weighted by atomic mass is 31.2. The lowest BCUT2D eigenvalue weighted by Gasteiger charge is -2.25. The Morgan fingerprint density at radius 1 is 1.00 bits per heavy atom. The molecule has 0 spiro atoms. The minimum Gasteiger partial charge on any atom is -0.387 e. The maximum atomic E-state index is 13.2. The number of imidazole rings is 2. The van der Waals surface area contributed by atoms with Gasteiger partial charge in [-0.25, -0.2) is 24.1 Å². The molecule has 3 aliphatic heterocycles. The van der Waals surface area contributed by atoms with Crippen LogP contribution in [0.3, 0.4) is 0 Å². The number of H-pyrrole nitrogens is 1. The zero-order valence-corrected chi connectivity index (χ0v) is 24.1. The molecule has 44 heavy (non-hydrogen) atoms. The lowest BCUT2D eigenvalue weighted by Crippen LogP contribution is -2.36. The first kappa shape index (κ1) is 31.0. The summed E-state index contributed by atoms with van der Waals surface area (Å²) < 4.78 is 60.9. The monoisotopic (exact) mass is 663 g/mol. The molecule has 10 atom stereocenters. The van der Waals surface area contributed by atoms with Crippen LogP contribution in [0.4, 0.5) is 11.8 Å². The molecule has 0 aromatic carbocycles. The maximum absolute atomic E-state index is 13.2. The van der Waals surface area contributed by atoms with E-state index >= 15 is 0 Å². The number of anilines is 1. The van der Waals surface area contributed by atoms with Crippen molar-refractivity contribution in [2.24, 2.45) is 10.7 Å². The van der Waals surface area contributed by atoms with Gasteiger partial charge in [-0.05, 0) is 6.72 Å². The molecule has 24 heteroatoms. The summed E-state index contributed by atoms with van der Waals surface area (Å²) in [5.74, 6) is -0.153. The number of nitrogens with zero attached hydrogens (tertiary/aromatic N) is 6. The number of phosphoric acid groups is 2. The summed E-state index contributed by atoms with van der Waals surface area (Å²) in [7, 11) is -10.2. The van der Waals surface area contributed by atoms with Gasteiger partial charge < -0.3 is 40.9 Å². The van der Waals surface area contributed by atoms with Gasteiger partial charge in [0, 0.05) is 6.54 Å². The van der Waals surface area contributed by atoms with E-state index in [1.807, 2.05) is 0 Å². The zero-order chi connectivity index (χ0) is 31.6. The number of nitrogens with one attached hydrogen (secondary N) is 1. The van der Waals surface area contributed by atoms with Gasteiger partial charge in [-0.3, -0.25) is 37.0 Å². The van der Waals surface area contributed by atoms with Crippen molar-refractivity contribution < 1.29 is 56.7 Å². The number of hydrogen-bond acceptors (Lipinski definition) is 17. The van der Waals surface area contributed by atoms with Crippen molar-refractivity contribution in [3.63, 3.8) is 0 Å². The number of aliphatic hydroxyl groups is 2. The fourth-order valence-corrected chi connectivity index (χ4v) is 7.03. The molecular formula is C20H27N9O13P2. The molecule has 0 amide bonds. The smallest absolute Gasteiger partial charge is 0.387 e. The first-order valence-electron chi connectivity index (χ1n) is 12.8. The fourth-order valence-electron chi connectivity index (χ4n) is 5.14. The number of aromatic amines is 1. The normalized spacial score (nSPS) is 38.1. The van der Waals surface area contributed by atoms with E-state index < -0.39 is 83.5 Å².